The van der Waals surface area contributed by atoms with Crippen LogP contribution in [0, 0.1) is 5.82 Å². The average Bonchev–Trinajstić information content (AvgIpc) is 2.73. The van der Waals surface area contributed by atoms with Crippen molar-refractivity contribution in [2.45, 2.75) is 12.5 Å². The molecule has 3 heterocycles. The summed E-state index contributed by atoms with van der Waals surface area (Å²) in [5.41, 5.74) is 1.89. The number of hydrogen-bond donors (Lipinski definition) is 2. The van der Waals surface area contributed by atoms with Gasteiger partial charge in [-0.2, -0.15) is 10.2 Å². The van der Waals surface area contributed by atoms with Gasteiger partial charge in [0, 0.05) is 41.5 Å². The molecule has 1 aliphatic rings. The van der Waals surface area contributed by atoms with Crippen LogP contribution in [0.25, 0.3) is 11.3 Å². The monoisotopic (exact) mass is 456 g/mol. The van der Waals surface area contributed by atoms with Crippen LogP contribution < -0.4 is 10.6 Å². The van der Waals surface area contributed by atoms with Gasteiger partial charge in [-0.1, -0.05) is 11.6 Å². The molecule has 0 radical (unpaired) electrons. The summed E-state index contributed by atoms with van der Waals surface area (Å²) in [7, 11) is 1.98. The minimum Gasteiger partial charge on any atom is -0.378 e. The molecule has 0 saturated carbocycles. The van der Waals surface area contributed by atoms with E-state index >= 15 is 0 Å². The predicted octanol–water partition coefficient (Wildman–Crippen LogP) is 3.73. The summed E-state index contributed by atoms with van der Waals surface area (Å²) in [4.78, 5) is 18.6. The Balaban J connectivity index is 1.39. The highest BCUT2D eigenvalue weighted by atomic mass is 35.5. The number of pyridine rings is 1. The van der Waals surface area contributed by atoms with Gasteiger partial charge in [0.1, 0.15) is 11.6 Å². The normalized spacial score (nSPS) is 13.6. The third-order valence-corrected chi connectivity index (χ3v) is 5.35. The minimum absolute atomic E-state index is 0.119. The molecule has 0 unspecified atom stereocenters. The van der Waals surface area contributed by atoms with E-state index in [9.17, 15) is 9.18 Å². The van der Waals surface area contributed by atoms with Gasteiger partial charge in [0.05, 0.1) is 36.8 Å². The molecular formula is C22H22ClFN6O2. The van der Waals surface area contributed by atoms with E-state index in [2.05, 4.69) is 30.7 Å². The van der Waals surface area contributed by atoms with Gasteiger partial charge in [0.25, 0.3) is 0 Å². The minimum atomic E-state index is -0.440. The maximum Gasteiger partial charge on any atom is 0.226 e. The first kappa shape index (κ1) is 22.1. The molecule has 0 spiro atoms. The lowest BCUT2D eigenvalue weighted by atomic mass is 10.1. The summed E-state index contributed by atoms with van der Waals surface area (Å²) in [5, 5.41) is 14.3. The van der Waals surface area contributed by atoms with Crippen LogP contribution in [0.2, 0.25) is 5.02 Å². The SMILES string of the molecule is CN(CCC(=O)Nc1cc(Nc2cnnc(-c3cc(Cl)ccc3F)c2)ccn1)C1COC1. The lowest BCUT2D eigenvalue weighted by Gasteiger charge is -2.34. The molecule has 0 aliphatic carbocycles. The summed E-state index contributed by atoms with van der Waals surface area (Å²) in [6, 6.07) is 9.77. The summed E-state index contributed by atoms with van der Waals surface area (Å²) >= 11 is 5.98. The van der Waals surface area contributed by atoms with Crippen molar-refractivity contribution in [3.05, 3.63) is 59.6 Å². The zero-order valence-electron chi connectivity index (χ0n) is 17.4. The van der Waals surface area contributed by atoms with Crippen LogP contribution >= 0.6 is 11.6 Å². The third-order valence-electron chi connectivity index (χ3n) is 5.11. The first-order chi connectivity index (χ1) is 15.5. The second-order valence-electron chi connectivity index (χ2n) is 7.48. The lowest BCUT2D eigenvalue weighted by molar-refractivity contribution is -0.117. The molecule has 166 valence electrons. The molecule has 1 aliphatic heterocycles. The number of rotatable bonds is 8. The van der Waals surface area contributed by atoms with Crippen molar-refractivity contribution >= 4 is 34.7 Å². The number of halogens is 2. The van der Waals surface area contributed by atoms with Crippen LogP contribution in [-0.4, -0.2) is 58.8 Å². The van der Waals surface area contributed by atoms with E-state index in [1.54, 1.807) is 24.4 Å². The van der Waals surface area contributed by atoms with E-state index in [1.807, 2.05) is 7.05 Å². The van der Waals surface area contributed by atoms with Crippen molar-refractivity contribution in [2.75, 3.05) is 37.4 Å². The second-order valence-corrected chi connectivity index (χ2v) is 7.91. The molecule has 32 heavy (non-hydrogen) atoms. The Morgan fingerprint density at radius 2 is 2.09 bits per heavy atom. The topological polar surface area (TPSA) is 92.3 Å². The van der Waals surface area contributed by atoms with Gasteiger partial charge in [0.15, 0.2) is 0 Å². The van der Waals surface area contributed by atoms with E-state index in [1.165, 1.54) is 24.4 Å². The molecule has 0 atom stereocenters. The number of anilines is 3. The van der Waals surface area contributed by atoms with Crippen molar-refractivity contribution in [2.24, 2.45) is 0 Å². The molecule has 0 bridgehead atoms. The van der Waals surface area contributed by atoms with Crippen LogP contribution in [-0.2, 0) is 9.53 Å². The van der Waals surface area contributed by atoms with Crippen molar-refractivity contribution in [1.82, 2.24) is 20.1 Å². The zero-order chi connectivity index (χ0) is 22.5. The molecule has 1 amide bonds. The highest BCUT2D eigenvalue weighted by molar-refractivity contribution is 6.30. The Bertz CT molecular complexity index is 1110. The molecule has 8 nitrogen and oxygen atoms in total. The van der Waals surface area contributed by atoms with Crippen LogP contribution in [0.15, 0.2) is 48.8 Å². The van der Waals surface area contributed by atoms with E-state index in [4.69, 9.17) is 16.3 Å². The molecule has 1 aromatic carbocycles. The first-order valence-corrected chi connectivity index (χ1v) is 10.4. The Kier molecular flexibility index (Phi) is 6.89. The fourth-order valence-electron chi connectivity index (χ4n) is 3.15. The molecule has 10 heteroatoms. The average molecular weight is 457 g/mol. The van der Waals surface area contributed by atoms with Crippen LogP contribution in [0.4, 0.5) is 21.6 Å². The van der Waals surface area contributed by atoms with Crippen molar-refractivity contribution in [3.63, 3.8) is 0 Å². The van der Waals surface area contributed by atoms with Gasteiger partial charge >= 0.3 is 0 Å². The molecule has 1 fully saturated rings. The number of hydrogen-bond acceptors (Lipinski definition) is 7. The summed E-state index contributed by atoms with van der Waals surface area (Å²) < 4.78 is 19.3. The number of amides is 1. The van der Waals surface area contributed by atoms with Gasteiger partial charge in [-0.3, -0.25) is 9.69 Å². The van der Waals surface area contributed by atoms with E-state index in [-0.39, 0.29) is 11.5 Å². The Morgan fingerprint density at radius 3 is 2.88 bits per heavy atom. The Hall–Kier alpha value is -3.14. The number of aromatic nitrogens is 3. The lowest BCUT2D eigenvalue weighted by Crippen LogP contribution is -2.47. The number of benzene rings is 1. The number of carbonyl (C=O) groups excluding carboxylic acids is 1. The van der Waals surface area contributed by atoms with E-state index in [0.717, 1.165) is 0 Å². The Labute approximate surface area is 189 Å². The summed E-state index contributed by atoms with van der Waals surface area (Å²) in [6.45, 7) is 2.06. The molecule has 4 rings (SSSR count). The van der Waals surface area contributed by atoms with Gasteiger partial charge in [-0.15, -0.1) is 0 Å². The number of nitrogens with one attached hydrogen (secondary N) is 2. The first-order valence-electron chi connectivity index (χ1n) is 10.1. The molecule has 1 saturated heterocycles. The standard InChI is InChI=1S/C22H22ClFN6O2/c1-30(17-12-32-13-17)7-5-22(31)28-21-10-15(4-6-25-21)27-16-9-20(29-26-11-16)18-8-14(23)2-3-19(18)24/h2-4,6,8-11,17H,5,7,12-13H2,1H3,(H2,25,27,28,29,31). The number of nitrogens with zero attached hydrogens (tertiary/aromatic N) is 4. The third kappa shape index (κ3) is 5.56. The van der Waals surface area contributed by atoms with Crippen molar-refractivity contribution in [3.8, 4) is 11.3 Å². The number of likely N-dealkylation sites (N-methyl/N-ethyl adjacent to an activating group) is 1. The predicted molar refractivity (Wildman–Crippen MR) is 120 cm³/mol. The largest absolute Gasteiger partial charge is 0.378 e. The van der Waals surface area contributed by atoms with Gasteiger partial charge < -0.3 is 15.4 Å². The fourth-order valence-corrected chi connectivity index (χ4v) is 3.32. The van der Waals surface area contributed by atoms with Crippen molar-refractivity contribution in [1.29, 1.82) is 0 Å². The van der Waals surface area contributed by atoms with Crippen LogP contribution in [0.5, 0.6) is 0 Å². The summed E-state index contributed by atoms with van der Waals surface area (Å²) in [5.74, 6) is -0.131. The zero-order valence-corrected chi connectivity index (χ0v) is 18.1. The smallest absolute Gasteiger partial charge is 0.226 e. The fraction of sp³-hybridized carbons (Fsp3) is 0.273. The van der Waals surface area contributed by atoms with Crippen LogP contribution in [0.1, 0.15) is 6.42 Å². The molecule has 2 N–H and O–H groups in total. The molecule has 3 aromatic rings. The second kappa shape index (κ2) is 9.99. The van der Waals surface area contributed by atoms with Gasteiger partial charge in [-0.25, -0.2) is 9.37 Å². The quantitative estimate of drug-likeness (QED) is 0.533. The highest BCUT2D eigenvalue weighted by Gasteiger charge is 2.23. The molecular weight excluding hydrogens is 435 g/mol. The summed E-state index contributed by atoms with van der Waals surface area (Å²) in [6.07, 6.45) is 3.46. The maximum atomic E-state index is 14.2. The van der Waals surface area contributed by atoms with Gasteiger partial charge in [-0.05, 0) is 37.4 Å². The maximum absolute atomic E-state index is 14.2. The Morgan fingerprint density at radius 1 is 1.25 bits per heavy atom. The number of carbonyl (C=O) groups is 1. The highest BCUT2D eigenvalue weighted by Crippen LogP contribution is 2.27. The van der Waals surface area contributed by atoms with E-state index < -0.39 is 5.82 Å². The van der Waals surface area contributed by atoms with Crippen molar-refractivity contribution < 1.29 is 13.9 Å². The van der Waals surface area contributed by atoms with Crippen LogP contribution in [0.3, 0.4) is 0 Å². The molecule has 2 aromatic heterocycles. The number of ether oxygens (including phenoxy) is 1. The van der Waals surface area contributed by atoms with E-state index in [0.29, 0.717) is 60.1 Å². The van der Waals surface area contributed by atoms with Gasteiger partial charge in [0.2, 0.25) is 5.91 Å².